The van der Waals surface area contributed by atoms with E-state index in [1.165, 1.54) is 0 Å². The highest BCUT2D eigenvalue weighted by Gasteiger charge is 2.32. The van der Waals surface area contributed by atoms with Crippen molar-refractivity contribution in [3.63, 3.8) is 0 Å². The third-order valence-electron chi connectivity index (χ3n) is 3.39. The summed E-state index contributed by atoms with van der Waals surface area (Å²) in [6.45, 7) is 1.76. The van der Waals surface area contributed by atoms with Crippen molar-refractivity contribution >= 4 is 29.4 Å². The van der Waals surface area contributed by atoms with E-state index in [9.17, 15) is 13.2 Å². The number of nitriles is 2. The molecule has 0 fully saturated rings. The van der Waals surface area contributed by atoms with E-state index >= 15 is 0 Å². The number of aryl methyl sites for hydroxylation is 1. The molecular weight excluding hydrogens is 418 g/mol. The second-order valence-electron chi connectivity index (χ2n) is 5.21. The first-order valence-corrected chi connectivity index (χ1v) is 8.24. The van der Waals surface area contributed by atoms with E-state index < -0.39 is 11.7 Å². The van der Waals surface area contributed by atoms with Crippen LogP contribution in [0.4, 0.5) is 13.2 Å². The summed E-state index contributed by atoms with van der Waals surface area (Å²) in [5.41, 5.74) is 4.23. The van der Waals surface area contributed by atoms with Gasteiger partial charge in [0.15, 0.2) is 5.70 Å². The molecule has 0 bridgehead atoms. The Labute approximate surface area is 167 Å². The molecule has 0 spiro atoms. The Kier molecular flexibility index (Phi) is 6.29. The number of hydrogen-bond acceptors (Lipinski definition) is 6. The van der Waals surface area contributed by atoms with E-state index in [1.807, 2.05) is 0 Å². The van der Waals surface area contributed by atoms with Crippen LogP contribution in [-0.2, 0) is 12.6 Å². The number of nitrogens with two attached hydrogens (primary N) is 1. The Morgan fingerprint density at radius 3 is 2.32 bits per heavy atom. The minimum atomic E-state index is -4.61. The highest BCUT2D eigenvalue weighted by atomic mass is 35.5. The summed E-state index contributed by atoms with van der Waals surface area (Å²) in [7, 11) is 0. The number of rotatable bonds is 4. The summed E-state index contributed by atoms with van der Waals surface area (Å²) >= 11 is 11.9. The molecule has 2 N–H and O–H groups in total. The molecule has 0 aliphatic carbocycles. The molecule has 28 heavy (non-hydrogen) atoms. The molecular formula is C16H10Cl2F3N7. The van der Waals surface area contributed by atoms with E-state index in [4.69, 9.17) is 39.5 Å². The van der Waals surface area contributed by atoms with Crippen LogP contribution in [0.1, 0.15) is 23.9 Å². The zero-order valence-corrected chi connectivity index (χ0v) is 15.6. The number of allylic oxidation sites excluding steroid dienone is 2. The van der Waals surface area contributed by atoms with Crippen molar-refractivity contribution in [1.82, 2.24) is 15.0 Å². The maximum Gasteiger partial charge on any atom is 0.416 e. The minimum Gasteiger partial charge on any atom is -0.388 e. The maximum absolute atomic E-state index is 12.9. The second kappa shape index (κ2) is 8.30. The lowest BCUT2D eigenvalue weighted by Crippen LogP contribution is -2.08. The molecule has 2 rings (SSSR count). The van der Waals surface area contributed by atoms with Crippen LogP contribution in [0.25, 0.3) is 5.69 Å². The maximum atomic E-state index is 12.9. The average Bonchev–Trinajstić information content (AvgIpc) is 3.03. The Morgan fingerprint density at radius 1 is 1.25 bits per heavy atom. The number of benzene rings is 1. The standard InChI is InChI=1S/C16H10Cl2F3N7/c1-2-12-14(7-25-13(6-23)11(24)5-22)27-28(26-12)15-9(17)3-8(4-10(15)18)16(19,20)21/h3-4,7H,2,24H2,1H3/b13-11-,25-7+. The summed E-state index contributed by atoms with van der Waals surface area (Å²) in [5.74, 6) is 0. The normalized spacial score (nSPS) is 12.6. The van der Waals surface area contributed by atoms with Gasteiger partial charge in [0.2, 0.25) is 0 Å². The van der Waals surface area contributed by atoms with Crippen LogP contribution in [0, 0.1) is 22.7 Å². The largest absolute Gasteiger partial charge is 0.416 e. The highest BCUT2D eigenvalue weighted by molar-refractivity contribution is 6.37. The topological polar surface area (TPSA) is 117 Å². The van der Waals surface area contributed by atoms with Crippen molar-refractivity contribution in [2.24, 2.45) is 10.7 Å². The minimum absolute atomic E-state index is 0.0433. The van der Waals surface area contributed by atoms with Crippen molar-refractivity contribution in [2.75, 3.05) is 0 Å². The number of aromatic nitrogens is 3. The van der Waals surface area contributed by atoms with Crippen molar-refractivity contribution in [3.8, 4) is 17.8 Å². The second-order valence-corrected chi connectivity index (χ2v) is 6.02. The van der Waals surface area contributed by atoms with Gasteiger partial charge < -0.3 is 5.73 Å². The van der Waals surface area contributed by atoms with Crippen LogP contribution in [0.3, 0.4) is 0 Å². The lowest BCUT2D eigenvalue weighted by molar-refractivity contribution is -0.137. The zero-order valence-electron chi connectivity index (χ0n) is 14.1. The fraction of sp³-hybridized carbons (Fsp3) is 0.188. The molecule has 12 heteroatoms. The molecule has 1 aromatic carbocycles. The predicted octanol–water partition coefficient (Wildman–Crippen LogP) is 3.79. The number of nitrogens with zero attached hydrogens (tertiary/aromatic N) is 6. The Hall–Kier alpha value is -3.08. The van der Waals surface area contributed by atoms with Gasteiger partial charge in [0.1, 0.15) is 29.2 Å². The number of hydrogen-bond donors (Lipinski definition) is 1. The molecule has 7 nitrogen and oxygen atoms in total. The van der Waals surface area contributed by atoms with Crippen LogP contribution < -0.4 is 5.73 Å². The van der Waals surface area contributed by atoms with E-state index in [0.717, 1.165) is 23.1 Å². The Morgan fingerprint density at radius 2 is 1.86 bits per heavy atom. The van der Waals surface area contributed by atoms with Gasteiger partial charge in [0.05, 0.1) is 27.5 Å². The van der Waals surface area contributed by atoms with Gasteiger partial charge in [0, 0.05) is 0 Å². The molecule has 0 saturated heterocycles. The molecule has 1 heterocycles. The van der Waals surface area contributed by atoms with Gasteiger partial charge in [-0.2, -0.15) is 28.8 Å². The molecule has 0 amide bonds. The van der Waals surface area contributed by atoms with Gasteiger partial charge in [-0.05, 0) is 18.6 Å². The smallest absolute Gasteiger partial charge is 0.388 e. The predicted molar refractivity (Wildman–Crippen MR) is 95.8 cm³/mol. The van der Waals surface area contributed by atoms with Crippen LogP contribution in [0.5, 0.6) is 0 Å². The first-order valence-electron chi connectivity index (χ1n) is 7.49. The van der Waals surface area contributed by atoms with Crippen molar-refractivity contribution in [3.05, 3.63) is 50.5 Å². The number of alkyl halides is 3. The van der Waals surface area contributed by atoms with E-state index in [-0.39, 0.29) is 32.8 Å². The summed E-state index contributed by atoms with van der Waals surface area (Å²) in [5, 5.41) is 25.3. The van der Waals surface area contributed by atoms with E-state index in [0.29, 0.717) is 12.1 Å². The number of aliphatic imine (C=N–C) groups is 1. The monoisotopic (exact) mass is 427 g/mol. The SMILES string of the molecule is CCc1nn(-c2c(Cl)cc(C(F)(F)F)cc2Cl)nc1/C=N/C(C#N)=C(\N)C#N. The van der Waals surface area contributed by atoms with Gasteiger partial charge in [-0.3, -0.25) is 0 Å². The summed E-state index contributed by atoms with van der Waals surface area (Å²) < 4.78 is 38.6. The van der Waals surface area contributed by atoms with Gasteiger partial charge in [-0.15, -0.1) is 9.90 Å². The molecule has 0 aliphatic heterocycles. The summed E-state index contributed by atoms with van der Waals surface area (Å²) in [4.78, 5) is 4.79. The lowest BCUT2D eigenvalue weighted by atomic mass is 10.2. The molecule has 0 atom stereocenters. The molecule has 0 saturated carbocycles. The highest BCUT2D eigenvalue weighted by Crippen LogP contribution is 2.37. The van der Waals surface area contributed by atoms with Crippen LogP contribution in [0.2, 0.25) is 10.0 Å². The van der Waals surface area contributed by atoms with Crippen molar-refractivity contribution in [1.29, 1.82) is 10.5 Å². The molecule has 0 aliphatic rings. The Bertz CT molecular complexity index is 1030. The first kappa shape index (κ1) is 21.2. The Balaban J connectivity index is 2.54. The van der Waals surface area contributed by atoms with E-state index in [1.54, 1.807) is 19.1 Å². The average molecular weight is 428 g/mol. The fourth-order valence-electron chi connectivity index (χ4n) is 2.06. The third-order valence-corrected chi connectivity index (χ3v) is 3.97. The van der Waals surface area contributed by atoms with Crippen LogP contribution in [0.15, 0.2) is 28.5 Å². The van der Waals surface area contributed by atoms with Crippen molar-refractivity contribution < 1.29 is 13.2 Å². The van der Waals surface area contributed by atoms with Gasteiger partial charge in [-0.1, -0.05) is 30.1 Å². The van der Waals surface area contributed by atoms with Crippen molar-refractivity contribution in [2.45, 2.75) is 19.5 Å². The number of halogens is 5. The molecule has 0 unspecified atom stereocenters. The molecule has 2 aromatic rings. The van der Waals surface area contributed by atoms with Gasteiger partial charge in [-0.25, -0.2) is 4.99 Å². The summed E-state index contributed by atoms with van der Waals surface area (Å²) in [6.07, 6.45) is -3.07. The fourth-order valence-corrected chi connectivity index (χ4v) is 2.70. The first-order chi connectivity index (χ1) is 13.1. The summed E-state index contributed by atoms with van der Waals surface area (Å²) in [6, 6.07) is 4.70. The third kappa shape index (κ3) is 4.42. The zero-order chi connectivity index (χ0) is 21.1. The van der Waals surface area contributed by atoms with Gasteiger partial charge in [0.25, 0.3) is 0 Å². The molecule has 1 aromatic heterocycles. The molecule has 0 radical (unpaired) electrons. The van der Waals surface area contributed by atoms with Crippen LogP contribution in [-0.4, -0.2) is 21.2 Å². The van der Waals surface area contributed by atoms with Crippen LogP contribution >= 0.6 is 23.2 Å². The van der Waals surface area contributed by atoms with Gasteiger partial charge >= 0.3 is 6.18 Å². The lowest BCUT2D eigenvalue weighted by Gasteiger charge is -2.11. The molecule has 144 valence electrons. The van der Waals surface area contributed by atoms with E-state index in [2.05, 4.69) is 15.2 Å². The quantitative estimate of drug-likeness (QED) is 0.588.